The normalized spacial score (nSPS) is 51.0. The third-order valence-electron chi connectivity index (χ3n) is 5.67. The quantitative estimate of drug-likeness (QED) is 0.672. The molecule has 0 radical (unpaired) electrons. The molecule has 6 unspecified atom stereocenters. The van der Waals surface area contributed by atoms with E-state index in [1.165, 1.54) is 12.8 Å². The summed E-state index contributed by atoms with van der Waals surface area (Å²) >= 11 is 0. The van der Waals surface area contributed by atoms with Crippen LogP contribution in [0.25, 0.3) is 0 Å². The number of ether oxygens (including phenoxy) is 1. The van der Waals surface area contributed by atoms with Crippen molar-refractivity contribution in [3.63, 3.8) is 0 Å². The Morgan fingerprint density at radius 1 is 1.25 bits per heavy atom. The van der Waals surface area contributed by atoms with Gasteiger partial charge in [0.25, 0.3) is 0 Å². The van der Waals surface area contributed by atoms with E-state index in [0.717, 1.165) is 42.4 Å². The molecule has 6 atom stereocenters. The molecule has 0 N–H and O–H groups in total. The molecule has 1 aliphatic heterocycles. The molecule has 1 saturated heterocycles. The number of hydrogen-bond donors (Lipinski definition) is 0. The summed E-state index contributed by atoms with van der Waals surface area (Å²) in [5, 5.41) is 0. The van der Waals surface area contributed by atoms with Crippen LogP contribution in [0.3, 0.4) is 0 Å². The average Bonchev–Trinajstić information content (AvgIpc) is 2.90. The Bertz CT molecular complexity index is 297. The minimum atomic E-state index is 0.0727. The van der Waals surface area contributed by atoms with Gasteiger partial charge in [-0.15, -0.1) is 0 Å². The molecule has 90 valence electrons. The van der Waals surface area contributed by atoms with E-state index in [1.54, 1.807) is 0 Å². The van der Waals surface area contributed by atoms with E-state index in [-0.39, 0.29) is 11.9 Å². The zero-order valence-corrected chi connectivity index (χ0v) is 10.3. The van der Waals surface area contributed by atoms with Gasteiger partial charge < -0.3 is 4.74 Å². The summed E-state index contributed by atoms with van der Waals surface area (Å²) in [7, 11) is 0. The second-order valence-corrected chi connectivity index (χ2v) is 6.26. The summed E-state index contributed by atoms with van der Waals surface area (Å²) in [4.78, 5) is 11.5. The van der Waals surface area contributed by atoms with Crippen molar-refractivity contribution in [3.8, 4) is 0 Å². The highest BCUT2D eigenvalue weighted by Gasteiger charge is 2.49. The van der Waals surface area contributed by atoms with E-state index < -0.39 is 0 Å². The predicted octanol–water partition coefficient (Wildman–Crippen LogP) is 2.87. The molecular formula is C14H22O2. The third kappa shape index (κ3) is 1.49. The zero-order valence-electron chi connectivity index (χ0n) is 10.3. The number of hydrogen-bond acceptors (Lipinski definition) is 2. The molecule has 3 rings (SSSR count). The van der Waals surface area contributed by atoms with Gasteiger partial charge in [0.2, 0.25) is 0 Å². The van der Waals surface area contributed by atoms with Gasteiger partial charge in [-0.25, -0.2) is 0 Å². The second kappa shape index (κ2) is 3.75. The molecule has 2 saturated carbocycles. The van der Waals surface area contributed by atoms with Gasteiger partial charge in [-0.2, -0.15) is 0 Å². The Hall–Kier alpha value is -0.530. The number of carbonyl (C=O) groups is 1. The van der Waals surface area contributed by atoms with Gasteiger partial charge >= 0.3 is 5.97 Å². The first-order chi connectivity index (χ1) is 7.66. The highest BCUT2D eigenvalue weighted by molar-refractivity contribution is 5.74. The number of cyclic esters (lactones) is 1. The molecule has 0 spiro atoms. The number of esters is 1. The third-order valence-corrected chi connectivity index (χ3v) is 5.67. The van der Waals surface area contributed by atoms with Gasteiger partial charge in [-0.3, -0.25) is 4.79 Å². The zero-order chi connectivity index (χ0) is 11.3. The van der Waals surface area contributed by atoms with Gasteiger partial charge in [0.1, 0.15) is 0 Å². The summed E-state index contributed by atoms with van der Waals surface area (Å²) in [6.45, 7) is 5.49. The number of rotatable bonds is 2. The van der Waals surface area contributed by atoms with E-state index in [4.69, 9.17) is 4.74 Å². The van der Waals surface area contributed by atoms with Gasteiger partial charge in [0.05, 0.1) is 12.5 Å². The van der Waals surface area contributed by atoms with Gasteiger partial charge in [-0.1, -0.05) is 13.8 Å². The summed E-state index contributed by atoms with van der Waals surface area (Å²) in [5.74, 6) is 4.75. The van der Waals surface area contributed by atoms with Crippen LogP contribution in [0, 0.1) is 35.5 Å². The highest BCUT2D eigenvalue weighted by atomic mass is 16.5. The smallest absolute Gasteiger partial charge is 0.309 e. The standard InChI is InChI=1S/C14H22O2/c1-8-9(2)13-7-11(8)6-12(13)5-10-3-4-16-14(10)15/h8-13H,3-7H2,1-2H3. The largest absolute Gasteiger partial charge is 0.465 e. The molecule has 2 nitrogen and oxygen atoms in total. The Morgan fingerprint density at radius 2 is 2.06 bits per heavy atom. The first-order valence-corrected chi connectivity index (χ1v) is 6.83. The molecule has 1 heterocycles. The Labute approximate surface area is 97.7 Å². The van der Waals surface area contributed by atoms with Crippen LogP contribution in [0.5, 0.6) is 0 Å². The molecule has 0 amide bonds. The first kappa shape index (κ1) is 10.6. The van der Waals surface area contributed by atoms with E-state index in [9.17, 15) is 4.79 Å². The van der Waals surface area contributed by atoms with Gasteiger partial charge in [-0.05, 0) is 55.3 Å². The lowest BCUT2D eigenvalue weighted by Crippen LogP contribution is -2.26. The maximum absolute atomic E-state index is 11.5. The van der Waals surface area contributed by atoms with Gasteiger partial charge in [0, 0.05) is 0 Å². The lowest BCUT2D eigenvalue weighted by atomic mass is 9.73. The van der Waals surface area contributed by atoms with E-state index in [1.807, 2.05) is 0 Å². The van der Waals surface area contributed by atoms with E-state index in [0.29, 0.717) is 6.61 Å². The summed E-state index contributed by atoms with van der Waals surface area (Å²) in [5.41, 5.74) is 0. The van der Waals surface area contributed by atoms with Crippen molar-refractivity contribution in [2.24, 2.45) is 35.5 Å². The molecule has 0 aromatic heterocycles. The van der Waals surface area contributed by atoms with Crippen molar-refractivity contribution in [1.82, 2.24) is 0 Å². The molecule has 3 aliphatic rings. The molecule has 0 aromatic carbocycles. The fourth-order valence-corrected chi connectivity index (χ4v) is 4.48. The van der Waals surface area contributed by atoms with Crippen molar-refractivity contribution in [2.45, 2.75) is 39.5 Å². The number of fused-ring (bicyclic) bond motifs is 2. The minimum Gasteiger partial charge on any atom is -0.465 e. The van der Waals surface area contributed by atoms with Crippen LogP contribution in [-0.4, -0.2) is 12.6 Å². The summed E-state index contributed by atoms with van der Waals surface area (Å²) < 4.78 is 5.06. The van der Waals surface area contributed by atoms with Crippen molar-refractivity contribution < 1.29 is 9.53 Å². The fourth-order valence-electron chi connectivity index (χ4n) is 4.48. The van der Waals surface area contributed by atoms with Crippen LogP contribution < -0.4 is 0 Å². The summed E-state index contributed by atoms with van der Waals surface area (Å²) in [6.07, 6.45) is 4.88. The fraction of sp³-hybridized carbons (Fsp3) is 0.929. The van der Waals surface area contributed by atoms with Crippen LogP contribution in [0.1, 0.15) is 39.5 Å². The molecule has 3 fully saturated rings. The van der Waals surface area contributed by atoms with Crippen LogP contribution >= 0.6 is 0 Å². The predicted molar refractivity (Wildman–Crippen MR) is 61.7 cm³/mol. The molecular weight excluding hydrogens is 200 g/mol. The van der Waals surface area contributed by atoms with Crippen molar-refractivity contribution >= 4 is 5.97 Å². The Kier molecular flexibility index (Phi) is 2.49. The van der Waals surface area contributed by atoms with Crippen LogP contribution in [0.4, 0.5) is 0 Å². The Balaban J connectivity index is 1.64. The lowest BCUT2D eigenvalue weighted by Gasteiger charge is -2.32. The van der Waals surface area contributed by atoms with Crippen molar-refractivity contribution in [2.75, 3.05) is 6.61 Å². The van der Waals surface area contributed by atoms with Crippen LogP contribution in [0.2, 0.25) is 0 Å². The molecule has 2 heteroatoms. The lowest BCUT2D eigenvalue weighted by molar-refractivity contribution is -0.141. The average molecular weight is 222 g/mol. The number of carbonyl (C=O) groups excluding carboxylic acids is 1. The highest BCUT2D eigenvalue weighted by Crippen LogP contribution is 2.56. The van der Waals surface area contributed by atoms with Gasteiger partial charge in [0.15, 0.2) is 0 Å². The maximum Gasteiger partial charge on any atom is 0.309 e. The van der Waals surface area contributed by atoms with Crippen LogP contribution in [-0.2, 0) is 9.53 Å². The van der Waals surface area contributed by atoms with E-state index >= 15 is 0 Å². The molecule has 2 aliphatic carbocycles. The SMILES string of the molecule is CC1C2CC(CC3CCOC3=O)C(C2)C1C. The van der Waals surface area contributed by atoms with Crippen molar-refractivity contribution in [3.05, 3.63) is 0 Å². The Morgan fingerprint density at radius 3 is 2.62 bits per heavy atom. The molecule has 16 heavy (non-hydrogen) atoms. The molecule has 0 aromatic rings. The monoisotopic (exact) mass is 222 g/mol. The summed E-state index contributed by atoms with van der Waals surface area (Å²) in [6, 6.07) is 0. The first-order valence-electron chi connectivity index (χ1n) is 6.83. The van der Waals surface area contributed by atoms with E-state index in [2.05, 4.69) is 13.8 Å². The second-order valence-electron chi connectivity index (χ2n) is 6.26. The minimum absolute atomic E-state index is 0.0727. The maximum atomic E-state index is 11.5. The van der Waals surface area contributed by atoms with Crippen molar-refractivity contribution in [1.29, 1.82) is 0 Å². The topological polar surface area (TPSA) is 26.3 Å². The molecule has 2 bridgehead atoms. The van der Waals surface area contributed by atoms with Crippen LogP contribution in [0.15, 0.2) is 0 Å².